The molecule has 0 amide bonds. The van der Waals surface area contributed by atoms with Gasteiger partial charge in [-0.15, -0.1) is 0 Å². The molecule has 0 aromatic carbocycles. The molecule has 1 unspecified atom stereocenters. The van der Waals surface area contributed by atoms with E-state index in [1.807, 2.05) is 6.92 Å². The van der Waals surface area contributed by atoms with Gasteiger partial charge in [0.2, 0.25) is 0 Å². The van der Waals surface area contributed by atoms with E-state index < -0.39 is 11.6 Å². The van der Waals surface area contributed by atoms with Crippen molar-refractivity contribution in [1.29, 1.82) is 0 Å². The highest BCUT2D eigenvalue weighted by Gasteiger charge is 2.26. The van der Waals surface area contributed by atoms with E-state index in [9.17, 15) is 9.90 Å². The molecule has 0 bridgehead atoms. The van der Waals surface area contributed by atoms with E-state index in [1.54, 1.807) is 0 Å². The zero-order valence-electron chi connectivity index (χ0n) is 10.1. The van der Waals surface area contributed by atoms with Crippen LogP contribution < -0.4 is 0 Å². The molecule has 0 saturated carbocycles. The number of aliphatic carboxylic acids is 1. The summed E-state index contributed by atoms with van der Waals surface area (Å²) < 4.78 is 0. The lowest BCUT2D eigenvalue weighted by Crippen LogP contribution is -2.30. The second kappa shape index (κ2) is 6.83. The summed E-state index contributed by atoms with van der Waals surface area (Å²) in [6.45, 7) is 6.21. The lowest BCUT2D eigenvalue weighted by molar-refractivity contribution is -0.137. The summed E-state index contributed by atoms with van der Waals surface area (Å²) in [4.78, 5) is 10.4. The summed E-state index contributed by atoms with van der Waals surface area (Å²) >= 11 is 0. The fourth-order valence-corrected chi connectivity index (χ4v) is 2.12. The first-order chi connectivity index (χ1) is 6.89. The first-order valence-corrected chi connectivity index (χ1v) is 5.84. The van der Waals surface area contributed by atoms with Crippen molar-refractivity contribution in [3.8, 4) is 0 Å². The molecule has 0 spiro atoms. The molecule has 2 N–H and O–H groups in total. The zero-order valence-corrected chi connectivity index (χ0v) is 10.1. The van der Waals surface area contributed by atoms with Crippen molar-refractivity contribution in [2.24, 2.45) is 5.92 Å². The Morgan fingerprint density at radius 2 is 1.93 bits per heavy atom. The number of aliphatic hydroxyl groups is 1. The quantitative estimate of drug-likeness (QED) is 0.656. The molecule has 0 rings (SSSR count). The van der Waals surface area contributed by atoms with Gasteiger partial charge in [-0.05, 0) is 31.6 Å². The summed E-state index contributed by atoms with van der Waals surface area (Å²) in [5, 5.41) is 18.8. The summed E-state index contributed by atoms with van der Waals surface area (Å²) in [7, 11) is 0. The molecule has 90 valence electrons. The minimum atomic E-state index is -0.779. The van der Waals surface area contributed by atoms with E-state index in [-0.39, 0.29) is 6.42 Å². The van der Waals surface area contributed by atoms with E-state index in [4.69, 9.17) is 5.11 Å². The maximum atomic E-state index is 10.4. The Balaban J connectivity index is 4.06. The maximum absolute atomic E-state index is 10.4. The van der Waals surface area contributed by atoms with E-state index in [0.717, 1.165) is 19.3 Å². The fourth-order valence-electron chi connectivity index (χ4n) is 2.12. The molecular formula is C12H24O3. The Morgan fingerprint density at radius 1 is 1.33 bits per heavy atom. The molecule has 0 fully saturated rings. The van der Waals surface area contributed by atoms with Crippen molar-refractivity contribution in [2.45, 2.75) is 64.9 Å². The van der Waals surface area contributed by atoms with Gasteiger partial charge in [0.15, 0.2) is 0 Å². The Kier molecular flexibility index (Phi) is 6.57. The van der Waals surface area contributed by atoms with Gasteiger partial charge in [0, 0.05) is 6.42 Å². The Labute approximate surface area is 92.5 Å². The van der Waals surface area contributed by atoms with E-state index in [1.165, 1.54) is 0 Å². The summed E-state index contributed by atoms with van der Waals surface area (Å²) in [5.74, 6) is -0.329. The van der Waals surface area contributed by atoms with Crippen LogP contribution in [0, 0.1) is 5.92 Å². The number of hydrogen-bond acceptors (Lipinski definition) is 2. The highest BCUT2D eigenvalue weighted by atomic mass is 16.4. The Morgan fingerprint density at radius 3 is 2.33 bits per heavy atom. The SMILES string of the molecule is CCCC(O)(CCCC(=O)O)CC(C)C. The number of hydrogen-bond donors (Lipinski definition) is 2. The second-order valence-corrected chi connectivity index (χ2v) is 4.82. The lowest BCUT2D eigenvalue weighted by atomic mass is 9.84. The van der Waals surface area contributed by atoms with Crippen molar-refractivity contribution in [2.75, 3.05) is 0 Å². The topological polar surface area (TPSA) is 57.5 Å². The van der Waals surface area contributed by atoms with Gasteiger partial charge in [0.05, 0.1) is 5.60 Å². The predicted octanol–water partition coefficient (Wildman–Crippen LogP) is 2.82. The largest absolute Gasteiger partial charge is 0.481 e. The van der Waals surface area contributed by atoms with Crippen LogP contribution >= 0.6 is 0 Å². The summed E-state index contributed by atoms with van der Waals surface area (Å²) in [6.07, 6.45) is 3.80. The molecule has 0 heterocycles. The van der Waals surface area contributed by atoms with Crippen molar-refractivity contribution >= 4 is 5.97 Å². The molecule has 0 radical (unpaired) electrons. The number of carboxylic acid groups (broad SMARTS) is 1. The van der Waals surface area contributed by atoms with E-state index >= 15 is 0 Å². The van der Waals surface area contributed by atoms with Gasteiger partial charge < -0.3 is 10.2 Å². The van der Waals surface area contributed by atoms with Crippen LogP contribution in [0.2, 0.25) is 0 Å². The molecule has 0 aliphatic carbocycles. The van der Waals surface area contributed by atoms with Crippen molar-refractivity contribution in [3.05, 3.63) is 0 Å². The molecule has 15 heavy (non-hydrogen) atoms. The summed E-state index contributed by atoms with van der Waals surface area (Å²) in [6, 6.07) is 0. The Bertz CT molecular complexity index is 189. The smallest absolute Gasteiger partial charge is 0.303 e. The molecule has 0 aromatic heterocycles. The third-order valence-electron chi connectivity index (χ3n) is 2.54. The van der Waals surface area contributed by atoms with Crippen molar-refractivity contribution in [1.82, 2.24) is 0 Å². The molecular weight excluding hydrogens is 192 g/mol. The van der Waals surface area contributed by atoms with E-state index in [2.05, 4.69) is 13.8 Å². The van der Waals surface area contributed by atoms with Crippen LogP contribution in [0.4, 0.5) is 0 Å². The normalized spacial score (nSPS) is 15.3. The van der Waals surface area contributed by atoms with Crippen LogP contribution in [0.3, 0.4) is 0 Å². The number of rotatable bonds is 8. The molecule has 1 atom stereocenters. The average molecular weight is 216 g/mol. The van der Waals surface area contributed by atoms with Gasteiger partial charge in [-0.2, -0.15) is 0 Å². The molecule has 3 nitrogen and oxygen atoms in total. The van der Waals surface area contributed by atoms with Crippen LogP contribution in [0.5, 0.6) is 0 Å². The van der Waals surface area contributed by atoms with Crippen LogP contribution in [-0.2, 0) is 4.79 Å². The van der Waals surface area contributed by atoms with Crippen molar-refractivity contribution < 1.29 is 15.0 Å². The second-order valence-electron chi connectivity index (χ2n) is 4.82. The molecule has 0 aliphatic heterocycles. The van der Waals surface area contributed by atoms with Gasteiger partial charge in [-0.3, -0.25) is 4.79 Å². The minimum Gasteiger partial charge on any atom is -0.481 e. The third kappa shape index (κ3) is 7.37. The highest BCUT2D eigenvalue weighted by Crippen LogP contribution is 2.27. The van der Waals surface area contributed by atoms with Crippen LogP contribution in [-0.4, -0.2) is 21.8 Å². The monoisotopic (exact) mass is 216 g/mol. The summed E-state index contributed by atoms with van der Waals surface area (Å²) in [5.41, 5.74) is -0.654. The van der Waals surface area contributed by atoms with Gasteiger partial charge in [-0.25, -0.2) is 0 Å². The van der Waals surface area contributed by atoms with Crippen LogP contribution in [0.25, 0.3) is 0 Å². The van der Waals surface area contributed by atoms with Crippen molar-refractivity contribution in [3.63, 3.8) is 0 Å². The average Bonchev–Trinajstić information content (AvgIpc) is 2.01. The van der Waals surface area contributed by atoms with E-state index in [0.29, 0.717) is 18.8 Å². The first kappa shape index (κ1) is 14.4. The first-order valence-electron chi connectivity index (χ1n) is 5.84. The van der Waals surface area contributed by atoms with Gasteiger partial charge in [-0.1, -0.05) is 27.2 Å². The maximum Gasteiger partial charge on any atom is 0.303 e. The zero-order chi connectivity index (χ0) is 11.9. The number of carbonyl (C=O) groups is 1. The van der Waals surface area contributed by atoms with Gasteiger partial charge >= 0.3 is 5.97 Å². The Hall–Kier alpha value is -0.570. The molecule has 3 heteroatoms. The highest BCUT2D eigenvalue weighted by molar-refractivity contribution is 5.66. The fraction of sp³-hybridized carbons (Fsp3) is 0.917. The standard InChI is InChI=1S/C12H24O3/c1-4-7-12(15,9-10(2)3)8-5-6-11(13)14/h10,15H,4-9H2,1-3H3,(H,13,14). The van der Waals surface area contributed by atoms with Gasteiger partial charge in [0.1, 0.15) is 0 Å². The van der Waals surface area contributed by atoms with Gasteiger partial charge in [0.25, 0.3) is 0 Å². The number of carboxylic acids is 1. The lowest BCUT2D eigenvalue weighted by Gasteiger charge is -2.29. The van der Waals surface area contributed by atoms with Crippen LogP contribution in [0.15, 0.2) is 0 Å². The molecule has 0 aromatic rings. The third-order valence-corrected chi connectivity index (χ3v) is 2.54. The predicted molar refractivity (Wildman–Crippen MR) is 60.8 cm³/mol. The van der Waals surface area contributed by atoms with Crippen LogP contribution in [0.1, 0.15) is 59.3 Å². The molecule has 0 aliphatic rings. The molecule has 0 saturated heterocycles. The minimum absolute atomic E-state index is 0.157.